The molecular formula is C23H25ClN6O. The fraction of sp³-hybridized carbons (Fsp3) is 0.348. The molecule has 160 valence electrons. The molecule has 0 atom stereocenters. The van der Waals surface area contributed by atoms with Gasteiger partial charge in [0, 0.05) is 62.1 Å². The second-order valence-electron chi connectivity index (χ2n) is 7.68. The minimum atomic E-state index is 0.720. The van der Waals surface area contributed by atoms with E-state index in [2.05, 4.69) is 31.8 Å². The molecule has 0 bridgehead atoms. The molecule has 0 saturated carbocycles. The second kappa shape index (κ2) is 9.08. The van der Waals surface area contributed by atoms with Crippen molar-refractivity contribution < 1.29 is 4.74 Å². The summed E-state index contributed by atoms with van der Waals surface area (Å²) in [5.41, 5.74) is 1.95. The maximum Gasteiger partial charge on any atom is 0.228 e. The average Bonchev–Trinajstić information content (AvgIpc) is 2.85. The molecule has 2 aliphatic heterocycles. The van der Waals surface area contributed by atoms with E-state index in [1.54, 1.807) is 0 Å². The standard InChI is InChI=1S/C23H25ClN6O/c24-19-6-4-18(5-7-19)20-17-22(29-13-15-31-16-14-29)27-23(26-20)30-11-9-28(10-12-30)21-3-1-2-8-25-21/h1-8,17H,9-16H2. The zero-order valence-corrected chi connectivity index (χ0v) is 18.1. The number of hydrogen-bond acceptors (Lipinski definition) is 7. The Kier molecular flexibility index (Phi) is 5.86. The minimum Gasteiger partial charge on any atom is -0.378 e. The molecule has 2 saturated heterocycles. The number of nitrogens with zero attached hydrogens (tertiary/aromatic N) is 6. The van der Waals surface area contributed by atoms with Crippen LogP contribution in [-0.2, 0) is 4.74 Å². The van der Waals surface area contributed by atoms with Gasteiger partial charge in [-0.2, -0.15) is 4.98 Å². The highest BCUT2D eigenvalue weighted by molar-refractivity contribution is 6.30. The summed E-state index contributed by atoms with van der Waals surface area (Å²) in [5.74, 6) is 2.74. The molecule has 0 aliphatic carbocycles. The van der Waals surface area contributed by atoms with Crippen LogP contribution in [0.1, 0.15) is 0 Å². The van der Waals surface area contributed by atoms with E-state index in [4.69, 9.17) is 26.3 Å². The Morgan fingerprint density at radius 3 is 2.16 bits per heavy atom. The molecule has 0 N–H and O–H groups in total. The van der Waals surface area contributed by atoms with Crippen molar-refractivity contribution in [1.82, 2.24) is 15.0 Å². The summed E-state index contributed by atoms with van der Waals surface area (Å²) in [7, 11) is 0. The molecule has 0 unspecified atom stereocenters. The van der Waals surface area contributed by atoms with E-state index in [-0.39, 0.29) is 0 Å². The van der Waals surface area contributed by atoms with Crippen LogP contribution in [0, 0.1) is 0 Å². The maximum atomic E-state index is 6.10. The van der Waals surface area contributed by atoms with Gasteiger partial charge in [0.15, 0.2) is 0 Å². The number of benzene rings is 1. The first kappa shape index (κ1) is 20.0. The van der Waals surface area contributed by atoms with Gasteiger partial charge in [0.05, 0.1) is 18.9 Å². The average molecular weight is 437 g/mol. The molecule has 5 rings (SSSR count). The number of aromatic nitrogens is 3. The zero-order valence-electron chi connectivity index (χ0n) is 17.3. The van der Waals surface area contributed by atoms with E-state index in [9.17, 15) is 0 Å². The van der Waals surface area contributed by atoms with Gasteiger partial charge in [-0.3, -0.25) is 0 Å². The van der Waals surface area contributed by atoms with E-state index < -0.39 is 0 Å². The first-order valence-electron chi connectivity index (χ1n) is 10.6. The third kappa shape index (κ3) is 4.57. The quantitative estimate of drug-likeness (QED) is 0.621. The predicted octanol–water partition coefficient (Wildman–Crippen LogP) is 3.36. The molecule has 7 nitrogen and oxygen atoms in total. The smallest absolute Gasteiger partial charge is 0.228 e. The Hall–Kier alpha value is -2.90. The molecular weight excluding hydrogens is 412 g/mol. The van der Waals surface area contributed by atoms with Gasteiger partial charge in [0.25, 0.3) is 0 Å². The Balaban J connectivity index is 1.42. The fourth-order valence-corrected chi connectivity index (χ4v) is 4.09. The molecule has 0 amide bonds. The third-order valence-electron chi connectivity index (χ3n) is 5.71. The number of ether oxygens (including phenoxy) is 1. The number of anilines is 3. The maximum absolute atomic E-state index is 6.10. The van der Waals surface area contributed by atoms with E-state index in [0.717, 1.165) is 86.3 Å². The van der Waals surface area contributed by atoms with Crippen LogP contribution in [-0.4, -0.2) is 67.4 Å². The predicted molar refractivity (Wildman–Crippen MR) is 124 cm³/mol. The molecule has 8 heteroatoms. The van der Waals surface area contributed by atoms with Gasteiger partial charge in [-0.1, -0.05) is 29.8 Å². The first-order chi connectivity index (χ1) is 15.3. The van der Waals surface area contributed by atoms with Crippen LogP contribution in [0.25, 0.3) is 11.3 Å². The summed E-state index contributed by atoms with van der Waals surface area (Å²) in [6.07, 6.45) is 1.84. The van der Waals surface area contributed by atoms with Gasteiger partial charge in [0.2, 0.25) is 5.95 Å². The highest BCUT2D eigenvalue weighted by Crippen LogP contribution is 2.27. The Morgan fingerprint density at radius 1 is 0.742 bits per heavy atom. The number of rotatable bonds is 4. The van der Waals surface area contributed by atoms with Crippen molar-refractivity contribution in [1.29, 1.82) is 0 Å². The van der Waals surface area contributed by atoms with E-state index in [0.29, 0.717) is 0 Å². The highest BCUT2D eigenvalue weighted by atomic mass is 35.5. The summed E-state index contributed by atoms with van der Waals surface area (Å²) in [5, 5.41) is 0.720. The SMILES string of the molecule is Clc1ccc(-c2cc(N3CCOCC3)nc(N3CCN(c4ccccn4)CC3)n2)cc1. The Labute approximate surface area is 187 Å². The van der Waals surface area contributed by atoms with Crippen LogP contribution in [0.3, 0.4) is 0 Å². The number of piperazine rings is 1. The number of morpholine rings is 1. The second-order valence-corrected chi connectivity index (χ2v) is 8.12. The van der Waals surface area contributed by atoms with Crippen LogP contribution >= 0.6 is 11.6 Å². The van der Waals surface area contributed by atoms with Gasteiger partial charge in [0.1, 0.15) is 11.6 Å². The minimum absolute atomic E-state index is 0.720. The molecule has 0 spiro atoms. The molecule has 31 heavy (non-hydrogen) atoms. The molecule has 1 aromatic carbocycles. The molecule has 4 heterocycles. The van der Waals surface area contributed by atoms with Gasteiger partial charge >= 0.3 is 0 Å². The Bertz CT molecular complexity index is 1000. The monoisotopic (exact) mass is 436 g/mol. The lowest BCUT2D eigenvalue weighted by Gasteiger charge is -2.36. The van der Waals surface area contributed by atoms with Crippen molar-refractivity contribution in [3.05, 3.63) is 59.8 Å². The van der Waals surface area contributed by atoms with Crippen LogP contribution < -0.4 is 14.7 Å². The van der Waals surface area contributed by atoms with Crippen molar-refractivity contribution in [2.45, 2.75) is 0 Å². The summed E-state index contributed by atoms with van der Waals surface area (Å²) >= 11 is 6.10. The van der Waals surface area contributed by atoms with Gasteiger partial charge in [-0.05, 0) is 24.3 Å². The van der Waals surface area contributed by atoms with Crippen molar-refractivity contribution in [3.8, 4) is 11.3 Å². The van der Waals surface area contributed by atoms with Crippen LogP contribution in [0.5, 0.6) is 0 Å². The molecule has 3 aromatic rings. The summed E-state index contributed by atoms with van der Waals surface area (Å²) in [4.78, 5) is 21.2. The molecule has 0 radical (unpaired) electrons. The van der Waals surface area contributed by atoms with Gasteiger partial charge < -0.3 is 19.4 Å². The summed E-state index contributed by atoms with van der Waals surface area (Å²) < 4.78 is 5.53. The van der Waals surface area contributed by atoms with E-state index in [1.807, 2.05) is 42.6 Å². The number of halogens is 1. The molecule has 2 fully saturated rings. The topological polar surface area (TPSA) is 57.6 Å². The van der Waals surface area contributed by atoms with E-state index in [1.165, 1.54) is 0 Å². The van der Waals surface area contributed by atoms with Crippen LogP contribution in [0.4, 0.5) is 17.6 Å². The molecule has 2 aromatic heterocycles. The first-order valence-corrected chi connectivity index (χ1v) is 11.0. The third-order valence-corrected chi connectivity index (χ3v) is 5.96. The summed E-state index contributed by atoms with van der Waals surface area (Å²) in [6, 6.07) is 15.9. The molecule has 2 aliphatic rings. The summed E-state index contributed by atoms with van der Waals surface area (Å²) in [6.45, 7) is 6.59. The van der Waals surface area contributed by atoms with Crippen molar-refractivity contribution in [3.63, 3.8) is 0 Å². The van der Waals surface area contributed by atoms with Crippen LogP contribution in [0.2, 0.25) is 5.02 Å². The van der Waals surface area contributed by atoms with Gasteiger partial charge in [-0.15, -0.1) is 0 Å². The van der Waals surface area contributed by atoms with Crippen molar-refractivity contribution in [2.75, 3.05) is 67.2 Å². The fourth-order valence-electron chi connectivity index (χ4n) is 3.96. The normalized spacial score (nSPS) is 17.1. The van der Waals surface area contributed by atoms with Gasteiger partial charge in [-0.25, -0.2) is 9.97 Å². The number of pyridine rings is 1. The highest BCUT2D eigenvalue weighted by Gasteiger charge is 2.22. The lowest BCUT2D eigenvalue weighted by Crippen LogP contribution is -2.47. The lowest BCUT2D eigenvalue weighted by molar-refractivity contribution is 0.122. The Morgan fingerprint density at radius 2 is 1.45 bits per heavy atom. The van der Waals surface area contributed by atoms with E-state index >= 15 is 0 Å². The van der Waals surface area contributed by atoms with Crippen molar-refractivity contribution in [2.24, 2.45) is 0 Å². The number of hydrogen-bond donors (Lipinski definition) is 0. The van der Waals surface area contributed by atoms with Crippen molar-refractivity contribution >= 4 is 29.2 Å². The largest absolute Gasteiger partial charge is 0.378 e. The lowest BCUT2D eigenvalue weighted by atomic mass is 10.1. The van der Waals surface area contributed by atoms with Crippen LogP contribution in [0.15, 0.2) is 54.7 Å². The zero-order chi connectivity index (χ0) is 21.0.